The standard InChI is InChI=1S/C14H29N5/c1-10(2)7-8-12(5)19-14(16-17-18-19)13(6)15-9-11(3)4/h10-13,15H,7-9H2,1-6H3. The zero-order valence-electron chi connectivity index (χ0n) is 13.2. The van der Waals surface area contributed by atoms with Crippen molar-refractivity contribution in [3.8, 4) is 0 Å². The minimum absolute atomic E-state index is 0.193. The van der Waals surface area contributed by atoms with Crippen molar-refractivity contribution in [2.75, 3.05) is 6.54 Å². The molecule has 0 amide bonds. The van der Waals surface area contributed by atoms with Gasteiger partial charge in [-0.1, -0.05) is 27.7 Å². The van der Waals surface area contributed by atoms with Gasteiger partial charge in [0, 0.05) is 0 Å². The summed E-state index contributed by atoms with van der Waals surface area (Å²) in [4.78, 5) is 0. The molecule has 1 aromatic rings. The molecule has 0 radical (unpaired) electrons. The van der Waals surface area contributed by atoms with E-state index in [9.17, 15) is 0 Å². The highest BCUT2D eigenvalue weighted by Crippen LogP contribution is 2.19. The van der Waals surface area contributed by atoms with Crippen molar-refractivity contribution < 1.29 is 0 Å². The maximum Gasteiger partial charge on any atom is 0.168 e. The third-order valence-electron chi connectivity index (χ3n) is 3.32. The number of aromatic nitrogens is 4. The maximum absolute atomic E-state index is 4.18. The van der Waals surface area contributed by atoms with E-state index in [1.54, 1.807) is 0 Å². The van der Waals surface area contributed by atoms with Crippen LogP contribution in [0.25, 0.3) is 0 Å². The highest BCUT2D eigenvalue weighted by Gasteiger charge is 2.18. The van der Waals surface area contributed by atoms with E-state index in [-0.39, 0.29) is 6.04 Å². The van der Waals surface area contributed by atoms with Gasteiger partial charge < -0.3 is 5.32 Å². The van der Waals surface area contributed by atoms with Crippen LogP contribution in [-0.2, 0) is 0 Å². The Morgan fingerprint density at radius 1 is 1.00 bits per heavy atom. The molecule has 5 nitrogen and oxygen atoms in total. The van der Waals surface area contributed by atoms with Crippen LogP contribution in [0.4, 0.5) is 0 Å². The maximum atomic E-state index is 4.18. The van der Waals surface area contributed by atoms with Crippen LogP contribution in [0.15, 0.2) is 0 Å². The zero-order chi connectivity index (χ0) is 14.4. The molecule has 19 heavy (non-hydrogen) atoms. The SMILES string of the molecule is CC(C)CCC(C)n1nnnc1C(C)NCC(C)C. The molecule has 0 aliphatic rings. The average molecular weight is 267 g/mol. The zero-order valence-corrected chi connectivity index (χ0v) is 13.2. The van der Waals surface area contributed by atoms with Gasteiger partial charge in [0.1, 0.15) is 0 Å². The van der Waals surface area contributed by atoms with Gasteiger partial charge >= 0.3 is 0 Å². The third-order valence-corrected chi connectivity index (χ3v) is 3.32. The molecular weight excluding hydrogens is 238 g/mol. The lowest BCUT2D eigenvalue weighted by molar-refractivity contribution is 0.374. The van der Waals surface area contributed by atoms with Crippen LogP contribution in [0.3, 0.4) is 0 Å². The second kappa shape index (κ2) is 7.58. The molecule has 0 saturated heterocycles. The lowest BCUT2D eigenvalue weighted by Gasteiger charge is -2.19. The second-order valence-corrected chi connectivity index (χ2v) is 6.33. The Kier molecular flexibility index (Phi) is 6.42. The highest BCUT2D eigenvalue weighted by molar-refractivity contribution is 4.91. The van der Waals surface area contributed by atoms with E-state index in [0.29, 0.717) is 12.0 Å². The third kappa shape index (κ3) is 5.27. The summed E-state index contributed by atoms with van der Waals surface area (Å²) in [5.41, 5.74) is 0. The lowest BCUT2D eigenvalue weighted by Crippen LogP contribution is -2.27. The molecule has 0 bridgehead atoms. The summed E-state index contributed by atoms with van der Waals surface area (Å²) < 4.78 is 1.97. The van der Waals surface area contributed by atoms with Gasteiger partial charge in [-0.2, -0.15) is 0 Å². The Morgan fingerprint density at radius 2 is 1.68 bits per heavy atom. The van der Waals surface area contributed by atoms with Crippen molar-refractivity contribution in [3.05, 3.63) is 5.82 Å². The van der Waals surface area contributed by atoms with Gasteiger partial charge in [-0.25, -0.2) is 4.68 Å². The molecule has 0 spiro atoms. The molecular formula is C14H29N5. The summed E-state index contributed by atoms with van der Waals surface area (Å²) in [7, 11) is 0. The van der Waals surface area contributed by atoms with Crippen LogP contribution in [0.2, 0.25) is 0 Å². The predicted octanol–water partition coefficient (Wildman–Crippen LogP) is 2.98. The van der Waals surface area contributed by atoms with Crippen LogP contribution >= 0.6 is 0 Å². The minimum atomic E-state index is 0.193. The molecule has 2 unspecified atom stereocenters. The van der Waals surface area contributed by atoms with Crippen molar-refractivity contribution in [1.82, 2.24) is 25.5 Å². The van der Waals surface area contributed by atoms with Crippen molar-refractivity contribution in [2.45, 2.75) is 66.5 Å². The summed E-state index contributed by atoms with van der Waals surface area (Å²) in [5, 5.41) is 15.7. The largest absolute Gasteiger partial charge is 0.307 e. The summed E-state index contributed by atoms with van der Waals surface area (Å²) in [6.45, 7) is 14.2. The molecule has 5 heteroatoms. The summed E-state index contributed by atoms with van der Waals surface area (Å²) in [6.07, 6.45) is 2.32. The summed E-state index contributed by atoms with van der Waals surface area (Å²) >= 11 is 0. The first-order valence-corrected chi connectivity index (χ1v) is 7.43. The molecule has 0 aliphatic heterocycles. The smallest absolute Gasteiger partial charge is 0.168 e. The number of rotatable bonds is 8. The van der Waals surface area contributed by atoms with E-state index in [1.807, 2.05) is 4.68 Å². The fourth-order valence-corrected chi connectivity index (χ4v) is 2.00. The van der Waals surface area contributed by atoms with E-state index in [4.69, 9.17) is 0 Å². The van der Waals surface area contributed by atoms with E-state index in [2.05, 4.69) is 62.4 Å². The molecule has 2 atom stereocenters. The molecule has 0 fully saturated rings. The van der Waals surface area contributed by atoms with E-state index in [0.717, 1.165) is 24.7 Å². The molecule has 1 heterocycles. The fourth-order valence-electron chi connectivity index (χ4n) is 2.00. The highest BCUT2D eigenvalue weighted by atomic mass is 15.6. The van der Waals surface area contributed by atoms with Gasteiger partial charge in [-0.05, 0) is 55.5 Å². The summed E-state index contributed by atoms with van der Waals surface area (Å²) in [6, 6.07) is 0.551. The van der Waals surface area contributed by atoms with Crippen LogP contribution in [0, 0.1) is 11.8 Å². The Bertz CT molecular complexity index is 326. The van der Waals surface area contributed by atoms with Gasteiger partial charge in [0.05, 0.1) is 12.1 Å². The second-order valence-electron chi connectivity index (χ2n) is 6.33. The Morgan fingerprint density at radius 3 is 2.26 bits per heavy atom. The quantitative estimate of drug-likeness (QED) is 0.786. The van der Waals surface area contributed by atoms with Crippen molar-refractivity contribution in [2.24, 2.45) is 11.8 Å². The van der Waals surface area contributed by atoms with Gasteiger partial charge in [-0.3, -0.25) is 0 Å². The number of tetrazole rings is 1. The molecule has 0 aliphatic carbocycles. The normalized spacial score (nSPS) is 15.2. The van der Waals surface area contributed by atoms with Crippen LogP contribution in [-0.4, -0.2) is 26.8 Å². The molecule has 1 rings (SSSR count). The Hall–Kier alpha value is -0.970. The van der Waals surface area contributed by atoms with Crippen molar-refractivity contribution in [1.29, 1.82) is 0 Å². The predicted molar refractivity (Wildman–Crippen MR) is 77.9 cm³/mol. The number of hydrogen-bond donors (Lipinski definition) is 1. The van der Waals surface area contributed by atoms with Gasteiger partial charge in [0.25, 0.3) is 0 Å². The van der Waals surface area contributed by atoms with Crippen LogP contribution < -0.4 is 5.32 Å². The summed E-state index contributed by atoms with van der Waals surface area (Å²) in [5.74, 6) is 2.29. The topological polar surface area (TPSA) is 55.6 Å². The Labute approximate surface area is 117 Å². The molecule has 1 N–H and O–H groups in total. The van der Waals surface area contributed by atoms with Gasteiger partial charge in [0.2, 0.25) is 0 Å². The Balaban J connectivity index is 2.62. The molecule has 110 valence electrons. The van der Waals surface area contributed by atoms with Crippen LogP contribution in [0.5, 0.6) is 0 Å². The molecule has 0 aromatic carbocycles. The van der Waals surface area contributed by atoms with Crippen LogP contribution in [0.1, 0.15) is 72.3 Å². The lowest BCUT2D eigenvalue weighted by atomic mass is 10.0. The van der Waals surface area contributed by atoms with Crippen molar-refractivity contribution >= 4 is 0 Å². The first kappa shape index (κ1) is 16.1. The van der Waals surface area contributed by atoms with Gasteiger partial charge in [0.15, 0.2) is 5.82 Å². The van der Waals surface area contributed by atoms with E-state index in [1.165, 1.54) is 6.42 Å². The number of nitrogens with zero attached hydrogens (tertiary/aromatic N) is 4. The molecule has 1 aromatic heterocycles. The van der Waals surface area contributed by atoms with Gasteiger partial charge in [-0.15, -0.1) is 5.10 Å². The molecule has 0 saturated carbocycles. The average Bonchev–Trinajstić information content (AvgIpc) is 2.82. The van der Waals surface area contributed by atoms with E-state index < -0.39 is 0 Å². The van der Waals surface area contributed by atoms with E-state index >= 15 is 0 Å². The fraction of sp³-hybridized carbons (Fsp3) is 0.929. The number of hydrogen-bond acceptors (Lipinski definition) is 4. The first-order chi connectivity index (χ1) is 8.91. The minimum Gasteiger partial charge on any atom is -0.307 e. The first-order valence-electron chi connectivity index (χ1n) is 7.43. The number of nitrogens with one attached hydrogen (secondary N) is 1. The van der Waals surface area contributed by atoms with Crippen molar-refractivity contribution in [3.63, 3.8) is 0 Å². The monoisotopic (exact) mass is 267 g/mol.